The van der Waals surface area contributed by atoms with Gasteiger partial charge in [0.15, 0.2) is 0 Å². The second-order valence-electron chi connectivity index (χ2n) is 3.65. The van der Waals surface area contributed by atoms with Crippen LogP contribution in [-0.4, -0.2) is 35.4 Å². The van der Waals surface area contributed by atoms with E-state index < -0.39 is 0 Å². The predicted molar refractivity (Wildman–Crippen MR) is 81.8 cm³/mol. The van der Waals surface area contributed by atoms with Crippen molar-refractivity contribution in [2.45, 2.75) is 31.2 Å². The largest absolute Gasteiger partial charge is 0.330 e. The van der Waals surface area contributed by atoms with Crippen LogP contribution in [0.15, 0.2) is 11.5 Å². The lowest BCUT2D eigenvalue weighted by molar-refractivity contribution is 0.734. The van der Waals surface area contributed by atoms with Gasteiger partial charge >= 0.3 is 0 Å². The molecule has 0 bridgehead atoms. The summed E-state index contributed by atoms with van der Waals surface area (Å²) in [4.78, 5) is 1.02. The van der Waals surface area contributed by atoms with Crippen molar-refractivity contribution in [3.8, 4) is 0 Å². The fourth-order valence-electron chi connectivity index (χ4n) is 0.698. The first-order chi connectivity index (χ1) is 7.49. The van der Waals surface area contributed by atoms with E-state index in [9.17, 15) is 0 Å². The zero-order valence-electron chi connectivity index (χ0n) is 10.0. The van der Waals surface area contributed by atoms with Gasteiger partial charge in [-0.05, 0) is 11.8 Å². The first-order valence-corrected chi connectivity index (χ1v) is 8.66. The molecule has 16 heavy (non-hydrogen) atoms. The monoisotopic (exact) mass is 281 g/mol. The van der Waals surface area contributed by atoms with Crippen molar-refractivity contribution in [2.75, 3.05) is 18.1 Å². The quantitative estimate of drug-likeness (QED) is 0.558. The Morgan fingerprint density at radius 1 is 1.31 bits per heavy atom. The lowest BCUT2D eigenvalue weighted by Crippen LogP contribution is -2.27. The minimum Gasteiger partial charge on any atom is -0.330 e. The average Bonchev–Trinajstić information content (AvgIpc) is 2.25. The minimum absolute atomic E-state index is 0.0364. The molecule has 0 aromatic carbocycles. The number of hydrogen-bond acceptors (Lipinski definition) is 6. The van der Waals surface area contributed by atoms with Crippen LogP contribution in [-0.2, 0) is 0 Å². The second-order valence-corrected chi connectivity index (χ2v) is 7.67. The van der Waals surface area contributed by atoms with E-state index in [1.807, 2.05) is 6.92 Å². The van der Waals surface area contributed by atoms with Crippen LogP contribution in [0.5, 0.6) is 0 Å². The van der Waals surface area contributed by atoms with E-state index in [4.69, 9.17) is 17.2 Å². The Morgan fingerprint density at radius 3 is 2.44 bits per heavy atom. The molecule has 3 unspecified atom stereocenters. The molecule has 3 atom stereocenters. The standard InChI is InChI=1S/C10H23N3S3/c1-7(12)8(2)16-15-6-10(13)9(3)14-5-4-11/h7-8,10H,3-6,11-13H2,1-2H3. The maximum Gasteiger partial charge on any atom is 0.0449 e. The third-order valence-electron chi connectivity index (χ3n) is 2.03. The van der Waals surface area contributed by atoms with Gasteiger partial charge in [0.05, 0.1) is 0 Å². The van der Waals surface area contributed by atoms with Gasteiger partial charge in [-0.25, -0.2) is 0 Å². The number of hydrogen-bond donors (Lipinski definition) is 3. The van der Waals surface area contributed by atoms with Crippen LogP contribution in [0.1, 0.15) is 13.8 Å². The number of thioether (sulfide) groups is 1. The molecule has 0 aromatic rings. The molecule has 0 saturated heterocycles. The van der Waals surface area contributed by atoms with Gasteiger partial charge in [0, 0.05) is 35.4 Å². The van der Waals surface area contributed by atoms with Crippen LogP contribution < -0.4 is 17.2 Å². The first-order valence-electron chi connectivity index (χ1n) is 5.30. The maximum atomic E-state index is 5.99. The van der Waals surface area contributed by atoms with Gasteiger partial charge in [0.25, 0.3) is 0 Å². The van der Waals surface area contributed by atoms with Gasteiger partial charge in [0.1, 0.15) is 0 Å². The maximum absolute atomic E-state index is 5.99. The third-order valence-corrected chi connectivity index (χ3v) is 6.23. The summed E-state index contributed by atoms with van der Waals surface area (Å²) in [7, 11) is 3.56. The Hall–Kier alpha value is 0.670. The fourth-order valence-corrected chi connectivity index (χ4v) is 4.14. The summed E-state index contributed by atoms with van der Waals surface area (Å²) in [6, 6.07) is 0.248. The van der Waals surface area contributed by atoms with Crippen LogP contribution in [0.3, 0.4) is 0 Å². The van der Waals surface area contributed by atoms with Crippen molar-refractivity contribution in [2.24, 2.45) is 17.2 Å². The van der Waals surface area contributed by atoms with Crippen molar-refractivity contribution in [3.05, 3.63) is 11.5 Å². The Labute approximate surface area is 111 Å². The smallest absolute Gasteiger partial charge is 0.0449 e. The molecule has 0 radical (unpaired) electrons. The highest BCUT2D eigenvalue weighted by molar-refractivity contribution is 8.77. The van der Waals surface area contributed by atoms with Crippen molar-refractivity contribution in [3.63, 3.8) is 0 Å². The molecule has 3 nitrogen and oxygen atoms in total. The Bertz CT molecular complexity index is 200. The van der Waals surface area contributed by atoms with Gasteiger partial charge in [-0.2, -0.15) is 0 Å². The summed E-state index contributed by atoms with van der Waals surface area (Å²) >= 11 is 1.66. The molecule has 0 spiro atoms. The number of nitrogens with two attached hydrogens (primary N) is 3. The van der Waals surface area contributed by atoms with Crippen molar-refractivity contribution < 1.29 is 0 Å². The molecule has 6 heteroatoms. The van der Waals surface area contributed by atoms with Crippen molar-refractivity contribution in [1.82, 2.24) is 0 Å². The normalized spacial score (nSPS) is 16.8. The summed E-state index contributed by atoms with van der Waals surface area (Å²) in [5.41, 5.74) is 17.2. The summed E-state index contributed by atoms with van der Waals surface area (Å²) in [5, 5.41) is 0.446. The van der Waals surface area contributed by atoms with Crippen LogP contribution in [0.2, 0.25) is 0 Å². The second kappa shape index (κ2) is 9.67. The molecule has 0 amide bonds. The van der Waals surface area contributed by atoms with E-state index in [1.165, 1.54) is 0 Å². The highest BCUT2D eigenvalue weighted by Crippen LogP contribution is 2.30. The molecule has 0 saturated carbocycles. The Morgan fingerprint density at radius 2 is 1.94 bits per heavy atom. The first kappa shape index (κ1) is 16.7. The van der Waals surface area contributed by atoms with Gasteiger partial charge in [-0.3, -0.25) is 0 Å². The lowest BCUT2D eigenvalue weighted by atomic mass is 10.3. The lowest BCUT2D eigenvalue weighted by Gasteiger charge is -2.17. The zero-order chi connectivity index (χ0) is 12.6. The van der Waals surface area contributed by atoms with E-state index >= 15 is 0 Å². The topological polar surface area (TPSA) is 78.1 Å². The number of rotatable bonds is 9. The van der Waals surface area contributed by atoms with E-state index in [2.05, 4.69) is 13.5 Å². The van der Waals surface area contributed by atoms with Gasteiger partial charge in [0.2, 0.25) is 0 Å². The molecule has 6 N–H and O–H groups in total. The van der Waals surface area contributed by atoms with Crippen LogP contribution in [0.4, 0.5) is 0 Å². The van der Waals surface area contributed by atoms with Crippen LogP contribution >= 0.6 is 33.3 Å². The van der Waals surface area contributed by atoms with Crippen molar-refractivity contribution in [1.29, 1.82) is 0 Å². The molecule has 0 fully saturated rings. The molecular formula is C10H23N3S3. The summed E-state index contributed by atoms with van der Waals surface area (Å²) < 4.78 is 0. The molecule has 0 heterocycles. The minimum atomic E-state index is 0.0364. The zero-order valence-corrected chi connectivity index (χ0v) is 12.5. The van der Waals surface area contributed by atoms with E-state index in [1.54, 1.807) is 33.3 Å². The molecule has 96 valence electrons. The molecule has 0 aliphatic carbocycles. The van der Waals surface area contributed by atoms with E-state index in [0.717, 1.165) is 16.4 Å². The Balaban J connectivity index is 3.64. The van der Waals surface area contributed by atoms with E-state index in [0.29, 0.717) is 11.8 Å². The van der Waals surface area contributed by atoms with Gasteiger partial charge in [-0.1, -0.05) is 35.1 Å². The molecule has 0 rings (SSSR count). The van der Waals surface area contributed by atoms with Crippen LogP contribution in [0, 0.1) is 0 Å². The molecule has 0 aromatic heterocycles. The predicted octanol–water partition coefficient (Wildman–Crippen LogP) is 1.64. The SMILES string of the molecule is C=C(SCCN)C(N)CSSC(C)C(C)N. The molecule has 0 aliphatic rings. The highest BCUT2D eigenvalue weighted by atomic mass is 33.1. The summed E-state index contributed by atoms with van der Waals surface area (Å²) in [6.45, 7) is 8.78. The third kappa shape index (κ3) is 7.86. The Kier molecular flexibility index (Phi) is 10.1. The van der Waals surface area contributed by atoms with Gasteiger partial charge < -0.3 is 17.2 Å². The summed E-state index contributed by atoms with van der Waals surface area (Å²) in [5.74, 6) is 1.76. The van der Waals surface area contributed by atoms with E-state index in [-0.39, 0.29) is 12.1 Å². The summed E-state index contributed by atoms with van der Waals surface area (Å²) in [6.07, 6.45) is 0. The van der Waals surface area contributed by atoms with Crippen molar-refractivity contribution >= 4 is 33.3 Å². The average molecular weight is 282 g/mol. The molecular weight excluding hydrogens is 258 g/mol. The van der Waals surface area contributed by atoms with Gasteiger partial charge in [-0.15, -0.1) is 11.8 Å². The fraction of sp³-hybridized carbons (Fsp3) is 0.800. The molecule has 0 aliphatic heterocycles. The highest BCUT2D eigenvalue weighted by Gasteiger charge is 2.11. The van der Waals surface area contributed by atoms with Crippen LogP contribution in [0.25, 0.3) is 0 Å².